The maximum atomic E-state index is 12.6. The van der Waals surface area contributed by atoms with Crippen LogP contribution in [0, 0.1) is 0 Å². The lowest BCUT2D eigenvalue weighted by atomic mass is 9.95. The second-order valence-corrected chi connectivity index (χ2v) is 6.88. The zero-order chi connectivity index (χ0) is 19.0. The molecule has 1 heterocycles. The number of fused-ring (bicyclic) bond motifs is 1. The number of carbonyl (C=O) groups excluding carboxylic acids is 2. The lowest BCUT2D eigenvalue weighted by Gasteiger charge is -2.16. The number of nitrogens with zero attached hydrogens (tertiary/aromatic N) is 1. The molecule has 1 fully saturated rings. The Bertz CT molecular complexity index is 1100. The largest absolute Gasteiger partial charge is 0.290 e. The number of aromatic nitrogens is 2. The summed E-state index contributed by atoms with van der Waals surface area (Å²) >= 11 is 5.90. The number of halogens is 1. The van der Waals surface area contributed by atoms with Crippen molar-refractivity contribution in [2.24, 2.45) is 0 Å². The van der Waals surface area contributed by atoms with Gasteiger partial charge in [-0.05, 0) is 36.6 Å². The molecule has 0 aliphatic heterocycles. The number of hydrogen-bond acceptors (Lipinski definition) is 4. The summed E-state index contributed by atoms with van der Waals surface area (Å²) in [6.07, 6.45) is 1.38. The maximum absolute atomic E-state index is 12.6. The minimum absolute atomic E-state index is 0.0295. The fourth-order valence-corrected chi connectivity index (χ4v) is 3.25. The highest BCUT2D eigenvalue weighted by Crippen LogP contribution is 2.48. The first kappa shape index (κ1) is 17.2. The molecule has 1 saturated carbocycles. The van der Waals surface area contributed by atoms with Crippen LogP contribution < -0.4 is 16.4 Å². The standard InChI is InChI=1S/C19H15ClN4O3/c20-12-7-5-11(6-8-12)19(9-10-19)18(27)24-23-17(26)15-13-3-1-2-4-14(13)16(25)22-21-15/h1-8H,9-10H2,(H,22,25)(H,23,26)(H,24,27). The van der Waals surface area contributed by atoms with Gasteiger partial charge in [-0.15, -0.1) is 0 Å². The topological polar surface area (TPSA) is 104 Å². The summed E-state index contributed by atoms with van der Waals surface area (Å²) in [6.45, 7) is 0. The molecule has 3 N–H and O–H groups in total. The first-order chi connectivity index (χ1) is 13.0. The van der Waals surface area contributed by atoms with Gasteiger partial charge >= 0.3 is 0 Å². The van der Waals surface area contributed by atoms with Crippen LogP contribution in [0.15, 0.2) is 53.3 Å². The molecule has 8 heteroatoms. The van der Waals surface area contributed by atoms with E-state index in [4.69, 9.17) is 11.6 Å². The van der Waals surface area contributed by atoms with Crippen molar-refractivity contribution in [3.05, 3.63) is 75.2 Å². The fraction of sp³-hybridized carbons (Fsp3) is 0.158. The molecular weight excluding hydrogens is 368 g/mol. The van der Waals surface area contributed by atoms with Gasteiger partial charge in [-0.3, -0.25) is 25.2 Å². The second-order valence-electron chi connectivity index (χ2n) is 6.44. The van der Waals surface area contributed by atoms with Gasteiger partial charge in [-0.25, -0.2) is 5.10 Å². The molecule has 0 unspecified atom stereocenters. The number of H-pyrrole nitrogens is 1. The highest BCUT2D eigenvalue weighted by atomic mass is 35.5. The lowest BCUT2D eigenvalue weighted by Crippen LogP contribution is -2.47. The Morgan fingerprint density at radius 1 is 1.00 bits per heavy atom. The van der Waals surface area contributed by atoms with Crippen LogP contribution >= 0.6 is 11.6 Å². The molecule has 3 aromatic rings. The van der Waals surface area contributed by atoms with Crippen molar-refractivity contribution in [2.45, 2.75) is 18.3 Å². The van der Waals surface area contributed by atoms with Gasteiger partial charge in [0.15, 0.2) is 5.69 Å². The van der Waals surface area contributed by atoms with Crippen molar-refractivity contribution in [3.63, 3.8) is 0 Å². The van der Waals surface area contributed by atoms with E-state index in [9.17, 15) is 14.4 Å². The number of carbonyl (C=O) groups is 2. The number of hydrogen-bond donors (Lipinski definition) is 3. The third kappa shape index (κ3) is 3.06. The Labute approximate surface area is 158 Å². The predicted octanol–water partition coefficient (Wildman–Crippen LogP) is 2.07. The van der Waals surface area contributed by atoms with Gasteiger partial charge < -0.3 is 0 Å². The first-order valence-corrected chi connectivity index (χ1v) is 8.73. The molecule has 136 valence electrons. The average molecular weight is 383 g/mol. The summed E-state index contributed by atoms with van der Waals surface area (Å²) < 4.78 is 0. The van der Waals surface area contributed by atoms with E-state index in [2.05, 4.69) is 21.0 Å². The number of nitrogens with one attached hydrogen (secondary N) is 3. The molecule has 0 atom stereocenters. The van der Waals surface area contributed by atoms with Gasteiger partial charge in [0, 0.05) is 10.4 Å². The van der Waals surface area contributed by atoms with Gasteiger partial charge in [0.1, 0.15) is 0 Å². The summed E-state index contributed by atoms with van der Waals surface area (Å²) in [5, 5.41) is 7.46. The van der Waals surface area contributed by atoms with Gasteiger partial charge in [-0.1, -0.05) is 41.9 Å². The van der Waals surface area contributed by atoms with E-state index in [1.807, 2.05) is 12.1 Å². The molecule has 2 aromatic carbocycles. The Kier molecular flexibility index (Phi) is 4.16. The molecule has 0 spiro atoms. The molecule has 7 nitrogen and oxygen atoms in total. The van der Waals surface area contributed by atoms with Crippen LogP contribution in [0.25, 0.3) is 10.8 Å². The zero-order valence-electron chi connectivity index (χ0n) is 14.1. The zero-order valence-corrected chi connectivity index (χ0v) is 14.8. The van der Waals surface area contributed by atoms with Gasteiger partial charge in [0.25, 0.3) is 11.5 Å². The van der Waals surface area contributed by atoms with Crippen LogP contribution in [-0.2, 0) is 10.2 Å². The summed E-state index contributed by atoms with van der Waals surface area (Å²) in [5.41, 5.74) is 4.71. The molecule has 27 heavy (non-hydrogen) atoms. The minimum atomic E-state index is -0.654. The third-order valence-corrected chi connectivity index (χ3v) is 5.03. The van der Waals surface area contributed by atoms with Crippen LogP contribution in [0.4, 0.5) is 0 Å². The number of benzene rings is 2. The molecule has 0 radical (unpaired) electrons. The van der Waals surface area contributed by atoms with Gasteiger partial charge in [-0.2, -0.15) is 5.10 Å². The second kappa shape index (κ2) is 6.51. The number of amides is 2. The Morgan fingerprint density at radius 2 is 1.67 bits per heavy atom. The Hall–Kier alpha value is -3.19. The van der Waals surface area contributed by atoms with E-state index < -0.39 is 11.3 Å². The summed E-state index contributed by atoms with van der Waals surface area (Å²) in [6, 6.07) is 13.7. The normalized spacial score (nSPS) is 14.6. The molecular formula is C19H15ClN4O3. The van der Waals surface area contributed by atoms with Crippen molar-refractivity contribution < 1.29 is 9.59 Å². The first-order valence-electron chi connectivity index (χ1n) is 8.35. The summed E-state index contributed by atoms with van der Waals surface area (Å²) in [4.78, 5) is 36.9. The summed E-state index contributed by atoms with van der Waals surface area (Å²) in [7, 11) is 0. The van der Waals surface area contributed by atoms with E-state index in [1.165, 1.54) is 0 Å². The maximum Gasteiger partial charge on any atom is 0.290 e. The van der Waals surface area contributed by atoms with Crippen molar-refractivity contribution in [2.75, 3.05) is 0 Å². The van der Waals surface area contributed by atoms with Crippen LogP contribution in [0.2, 0.25) is 5.02 Å². The smallest absolute Gasteiger partial charge is 0.272 e. The molecule has 1 aliphatic carbocycles. The van der Waals surface area contributed by atoms with E-state index in [0.29, 0.717) is 28.6 Å². The van der Waals surface area contributed by atoms with Crippen LogP contribution in [0.5, 0.6) is 0 Å². The quantitative estimate of drug-likeness (QED) is 0.603. The van der Waals surface area contributed by atoms with Crippen LogP contribution in [0.1, 0.15) is 28.9 Å². The van der Waals surface area contributed by atoms with Crippen molar-refractivity contribution in [3.8, 4) is 0 Å². The lowest BCUT2D eigenvalue weighted by molar-refractivity contribution is -0.124. The van der Waals surface area contributed by atoms with Crippen molar-refractivity contribution in [1.29, 1.82) is 0 Å². The van der Waals surface area contributed by atoms with Crippen LogP contribution in [-0.4, -0.2) is 22.0 Å². The number of hydrazine groups is 1. The van der Waals surface area contributed by atoms with E-state index in [0.717, 1.165) is 5.56 Å². The van der Waals surface area contributed by atoms with Crippen molar-refractivity contribution >= 4 is 34.2 Å². The SMILES string of the molecule is O=C(NNC(=O)C1(c2ccc(Cl)cc2)CC1)c1n[nH]c(=O)c2ccccc12. The molecule has 1 aromatic heterocycles. The molecule has 0 bridgehead atoms. The van der Waals surface area contributed by atoms with E-state index >= 15 is 0 Å². The van der Waals surface area contributed by atoms with E-state index in [1.54, 1.807) is 36.4 Å². The minimum Gasteiger partial charge on any atom is -0.272 e. The fourth-order valence-electron chi connectivity index (χ4n) is 3.12. The predicted molar refractivity (Wildman–Crippen MR) is 100 cm³/mol. The molecule has 1 aliphatic rings. The number of rotatable bonds is 3. The Balaban J connectivity index is 1.52. The number of aromatic amines is 1. The highest BCUT2D eigenvalue weighted by molar-refractivity contribution is 6.30. The highest BCUT2D eigenvalue weighted by Gasteiger charge is 2.51. The monoisotopic (exact) mass is 382 g/mol. The molecule has 2 amide bonds. The van der Waals surface area contributed by atoms with Crippen LogP contribution in [0.3, 0.4) is 0 Å². The average Bonchev–Trinajstić information content (AvgIpc) is 3.49. The Morgan fingerprint density at radius 3 is 2.33 bits per heavy atom. The summed E-state index contributed by atoms with van der Waals surface area (Å²) in [5.74, 6) is -0.908. The van der Waals surface area contributed by atoms with Gasteiger partial charge in [0.05, 0.1) is 10.8 Å². The van der Waals surface area contributed by atoms with E-state index in [-0.39, 0.29) is 17.2 Å². The molecule has 4 rings (SSSR count). The van der Waals surface area contributed by atoms with Crippen molar-refractivity contribution in [1.82, 2.24) is 21.0 Å². The van der Waals surface area contributed by atoms with Gasteiger partial charge in [0.2, 0.25) is 5.91 Å². The molecule has 0 saturated heterocycles. The third-order valence-electron chi connectivity index (χ3n) is 4.78.